The minimum atomic E-state index is 0.0177. The molecule has 1 atom stereocenters. The van der Waals surface area contributed by atoms with Crippen LogP contribution in [-0.2, 0) is 4.74 Å². The average molecular weight is 336 g/mol. The Morgan fingerprint density at radius 1 is 1.12 bits per heavy atom. The molecule has 0 saturated carbocycles. The highest BCUT2D eigenvalue weighted by Gasteiger charge is 2.20. The molecule has 0 spiro atoms. The molecular formula is C19H20N4O2. The zero-order chi connectivity index (χ0) is 17.2. The monoisotopic (exact) mass is 336 g/mol. The van der Waals surface area contributed by atoms with E-state index in [2.05, 4.69) is 39.1 Å². The Kier molecular flexibility index (Phi) is 4.19. The summed E-state index contributed by atoms with van der Waals surface area (Å²) in [6.07, 6.45) is 4.23. The van der Waals surface area contributed by atoms with Crippen LogP contribution in [0.25, 0.3) is 22.3 Å². The zero-order valence-electron chi connectivity index (χ0n) is 14.3. The van der Waals surface area contributed by atoms with Crippen LogP contribution in [0.5, 0.6) is 5.88 Å². The van der Waals surface area contributed by atoms with E-state index in [1.807, 2.05) is 20.2 Å². The maximum absolute atomic E-state index is 6.07. The van der Waals surface area contributed by atoms with Crippen molar-refractivity contribution in [2.45, 2.75) is 12.5 Å². The highest BCUT2D eigenvalue weighted by molar-refractivity contribution is 5.83. The minimum Gasteiger partial charge on any atom is -0.470 e. The number of fused-ring (bicyclic) bond motifs is 1. The Hall–Kier alpha value is -2.73. The van der Waals surface area contributed by atoms with Gasteiger partial charge in [-0.05, 0) is 18.2 Å². The van der Waals surface area contributed by atoms with Gasteiger partial charge in [0, 0.05) is 44.2 Å². The van der Waals surface area contributed by atoms with Gasteiger partial charge >= 0.3 is 0 Å². The van der Waals surface area contributed by atoms with Crippen molar-refractivity contribution in [2.24, 2.45) is 0 Å². The van der Waals surface area contributed by atoms with Crippen molar-refractivity contribution in [3.63, 3.8) is 0 Å². The number of anilines is 1. The van der Waals surface area contributed by atoms with Gasteiger partial charge < -0.3 is 14.4 Å². The lowest BCUT2D eigenvalue weighted by molar-refractivity contribution is 0.139. The van der Waals surface area contributed by atoms with Crippen LogP contribution in [0.1, 0.15) is 6.42 Å². The summed E-state index contributed by atoms with van der Waals surface area (Å²) in [4.78, 5) is 15.6. The third-order valence-corrected chi connectivity index (χ3v) is 4.27. The maximum atomic E-state index is 6.07. The van der Waals surface area contributed by atoms with Crippen LogP contribution in [0.2, 0.25) is 0 Å². The van der Waals surface area contributed by atoms with Gasteiger partial charge in [0.15, 0.2) is 5.52 Å². The van der Waals surface area contributed by atoms with Crippen LogP contribution in [0.3, 0.4) is 0 Å². The van der Waals surface area contributed by atoms with E-state index >= 15 is 0 Å². The van der Waals surface area contributed by atoms with E-state index in [1.54, 1.807) is 12.4 Å². The van der Waals surface area contributed by atoms with E-state index in [4.69, 9.17) is 14.5 Å². The predicted octanol–water partition coefficient (Wildman–Crippen LogP) is 2.93. The highest BCUT2D eigenvalue weighted by atomic mass is 16.5. The summed E-state index contributed by atoms with van der Waals surface area (Å²) in [6.45, 7) is 1.31. The number of aromatic nitrogens is 3. The fraction of sp³-hybridized carbons (Fsp3) is 0.316. The Morgan fingerprint density at radius 2 is 1.92 bits per heavy atom. The molecule has 6 heteroatoms. The second kappa shape index (κ2) is 6.64. The topological polar surface area (TPSA) is 60.4 Å². The summed E-state index contributed by atoms with van der Waals surface area (Å²) in [7, 11) is 4.04. The van der Waals surface area contributed by atoms with E-state index in [0.717, 1.165) is 35.5 Å². The lowest BCUT2D eigenvalue weighted by Crippen LogP contribution is -2.17. The van der Waals surface area contributed by atoms with Crippen LogP contribution in [0, 0.1) is 0 Å². The lowest BCUT2D eigenvalue weighted by Gasteiger charge is -2.15. The maximum Gasteiger partial charge on any atom is 0.243 e. The Morgan fingerprint density at radius 3 is 2.64 bits per heavy atom. The van der Waals surface area contributed by atoms with Gasteiger partial charge in [-0.3, -0.25) is 4.98 Å². The SMILES string of the molecule is CN(C)c1ccc(-c2cc3nccnc3c(O[C@H]3CCOC3)n2)cc1. The standard InChI is InChI=1S/C19H20N4O2/c1-23(2)14-5-3-13(4-6-14)16-11-17-18(21-9-8-20-17)19(22-16)25-15-7-10-24-12-15/h3-6,8-9,11,15H,7,10,12H2,1-2H3/t15-/m0/s1. The fourth-order valence-electron chi connectivity index (χ4n) is 2.87. The molecule has 128 valence electrons. The summed E-state index contributed by atoms with van der Waals surface area (Å²) in [5.41, 5.74) is 4.45. The molecule has 0 N–H and O–H groups in total. The molecule has 0 aliphatic carbocycles. The van der Waals surface area contributed by atoms with Crippen LogP contribution in [-0.4, -0.2) is 48.4 Å². The highest BCUT2D eigenvalue weighted by Crippen LogP contribution is 2.29. The van der Waals surface area contributed by atoms with Crippen molar-refractivity contribution in [1.29, 1.82) is 0 Å². The molecule has 2 aromatic heterocycles. The molecule has 1 fully saturated rings. The molecule has 0 unspecified atom stereocenters. The molecule has 0 amide bonds. The molecule has 6 nitrogen and oxygen atoms in total. The van der Waals surface area contributed by atoms with E-state index in [9.17, 15) is 0 Å². The quantitative estimate of drug-likeness (QED) is 0.730. The van der Waals surface area contributed by atoms with Gasteiger partial charge in [0.1, 0.15) is 6.10 Å². The van der Waals surface area contributed by atoms with Gasteiger partial charge in [-0.25, -0.2) is 9.97 Å². The Labute approximate surface area is 146 Å². The number of rotatable bonds is 4. The second-order valence-corrected chi connectivity index (χ2v) is 6.28. The molecule has 25 heavy (non-hydrogen) atoms. The number of hydrogen-bond acceptors (Lipinski definition) is 6. The third-order valence-electron chi connectivity index (χ3n) is 4.27. The van der Waals surface area contributed by atoms with Crippen molar-refractivity contribution >= 4 is 16.7 Å². The average Bonchev–Trinajstić information content (AvgIpc) is 3.15. The van der Waals surface area contributed by atoms with Gasteiger partial charge in [-0.2, -0.15) is 0 Å². The molecule has 0 radical (unpaired) electrons. The van der Waals surface area contributed by atoms with Gasteiger partial charge in [-0.1, -0.05) is 12.1 Å². The first kappa shape index (κ1) is 15.8. The van der Waals surface area contributed by atoms with Gasteiger partial charge in [0.25, 0.3) is 0 Å². The molecule has 4 rings (SSSR count). The predicted molar refractivity (Wildman–Crippen MR) is 96.9 cm³/mol. The molecule has 1 aromatic carbocycles. The minimum absolute atomic E-state index is 0.0177. The first-order chi connectivity index (χ1) is 12.2. The fourth-order valence-corrected chi connectivity index (χ4v) is 2.87. The van der Waals surface area contributed by atoms with E-state index in [-0.39, 0.29) is 6.10 Å². The third kappa shape index (κ3) is 3.25. The summed E-state index contributed by atoms with van der Waals surface area (Å²) in [5, 5.41) is 0. The number of nitrogens with zero attached hydrogens (tertiary/aromatic N) is 4. The van der Waals surface area contributed by atoms with E-state index < -0.39 is 0 Å². The molecule has 3 heterocycles. The van der Waals surface area contributed by atoms with Gasteiger partial charge in [0.05, 0.1) is 24.4 Å². The smallest absolute Gasteiger partial charge is 0.243 e. The van der Waals surface area contributed by atoms with Crippen LogP contribution >= 0.6 is 0 Å². The zero-order valence-corrected chi connectivity index (χ0v) is 14.3. The van der Waals surface area contributed by atoms with Crippen molar-refractivity contribution in [2.75, 3.05) is 32.2 Å². The summed E-state index contributed by atoms with van der Waals surface area (Å²) in [6, 6.07) is 10.2. The number of benzene rings is 1. The molecule has 1 aliphatic rings. The van der Waals surface area contributed by atoms with E-state index in [1.165, 1.54) is 0 Å². The normalized spacial score (nSPS) is 17.0. The van der Waals surface area contributed by atoms with Gasteiger partial charge in [0.2, 0.25) is 5.88 Å². The summed E-state index contributed by atoms with van der Waals surface area (Å²) >= 11 is 0. The van der Waals surface area contributed by atoms with Crippen molar-refractivity contribution < 1.29 is 9.47 Å². The van der Waals surface area contributed by atoms with E-state index in [0.29, 0.717) is 18.0 Å². The largest absolute Gasteiger partial charge is 0.470 e. The first-order valence-electron chi connectivity index (χ1n) is 8.34. The molecule has 3 aromatic rings. The summed E-state index contributed by atoms with van der Waals surface area (Å²) in [5.74, 6) is 0.521. The number of pyridine rings is 1. The first-order valence-corrected chi connectivity index (χ1v) is 8.34. The van der Waals surface area contributed by atoms with Gasteiger partial charge in [-0.15, -0.1) is 0 Å². The van der Waals surface area contributed by atoms with Crippen molar-refractivity contribution in [1.82, 2.24) is 15.0 Å². The lowest BCUT2D eigenvalue weighted by atomic mass is 10.1. The second-order valence-electron chi connectivity index (χ2n) is 6.28. The molecule has 1 aliphatic heterocycles. The van der Waals surface area contributed by atoms with Crippen LogP contribution < -0.4 is 9.64 Å². The van der Waals surface area contributed by atoms with Crippen molar-refractivity contribution in [3.05, 3.63) is 42.7 Å². The number of hydrogen-bond donors (Lipinski definition) is 0. The molecular weight excluding hydrogens is 316 g/mol. The molecule has 1 saturated heterocycles. The number of ether oxygens (including phenoxy) is 2. The summed E-state index contributed by atoms with van der Waals surface area (Å²) < 4.78 is 11.5. The molecule has 0 bridgehead atoms. The Bertz CT molecular complexity index is 874. The van der Waals surface area contributed by atoms with Crippen LogP contribution in [0.4, 0.5) is 5.69 Å². The Balaban J connectivity index is 1.75. The van der Waals surface area contributed by atoms with Crippen LogP contribution in [0.15, 0.2) is 42.7 Å². The van der Waals surface area contributed by atoms with Crippen molar-refractivity contribution in [3.8, 4) is 17.1 Å².